The summed E-state index contributed by atoms with van der Waals surface area (Å²) in [6.07, 6.45) is 1.53. The van der Waals surface area contributed by atoms with Gasteiger partial charge in [-0.2, -0.15) is 0 Å². The number of rotatable bonds is 3. The Labute approximate surface area is 96.1 Å². The van der Waals surface area contributed by atoms with Gasteiger partial charge < -0.3 is 9.47 Å². The Bertz CT molecular complexity index is 494. The normalized spacial score (nSPS) is 18.4. The second kappa shape index (κ2) is 4.49. The molecule has 0 spiro atoms. The predicted molar refractivity (Wildman–Crippen MR) is 63.4 cm³/mol. The summed E-state index contributed by atoms with van der Waals surface area (Å²) in [4.78, 5) is 4.07. The van der Waals surface area contributed by atoms with E-state index in [1.165, 1.54) is 11.6 Å². The fourth-order valence-electron chi connectivity index (χ4n) is 1.50. The molecule has 0 N–H and O–H groups in total. The molecule has 1 unspecified atom stereocenters. The van der Waals surface area contributed by atoms with Crippen LogP contribution in [-0.2, 0) is 10.8 Å². The van der Waals surface area contributed by atoms with Gasteiger partial charge in [0, 0.05) is 11.6 Å². The third-order valence-corrected chi connectivity index (χ3v) is 3.28. The standard InChI is InChI=1S/C11H11NO3S/c1-14-9-5-3-4-8(10(9)15-2)11-12-6-7-16(11)13/h3-7H,1-2H3. The van der Waals surface area contributed by atoms with Gasteiger partial charge in [-0.05, 0) is 12.1 Å². The monoisotopic (exact) mass is 237 g/mol. The minimum atomic E-state index is -1.20. The third kappa shape index (κ3) is 1.74. The summed E-state index contributed by atoms with van der Waals surface area (Å²) in [6.45, 7) is 0. The summed E-state index contributed by atoms with van der Waals surface area (Å²) in [5.74, 6) is 1.16. The average Bonchev–Trinajstić information content (AvgIpc) is 2.74. The van der Waals surface area contributed by atoms with Crippen molar-refractivity contribution >= 4 is 15.8 Å². The van der Waals surface area contributed by atoms with Crippen molar-refractivity contribution in [2.24, 2.45) is 4.99 Å². The van der Waals surface area contributed by atoms with E-state index in [9.17, 15) is 4.21 Å². The lowest BCUT2D eigenvalue weighted by atomic mass is 10.2. The second-order valence-electron chi connectivity index (χ2n) is 3.06. The van der Waals surface area contributed by atoms with Gasteiger partial charge in [0.05, 0.1) is 30.6 Å². The molecule has 1 aromatic rings. The summed E-state index contributed by atoms with van der Waals surface area (Å²) in [6, 6.07) is 5.41. The average molecular weight is 237 g/mol. The number of methoxy groups -OCH3 is 2. The molecule has 1 aromatic carbocycles. The van der Waals surface area contributed by atoms with Gasteiger partial charge in [0.2, 0.25) is 0 Å². The van der Waals surface area contributed by atoms with Crippen molar-refractivity contribution in [1.29, 1.82) is 0 Å². The fourth-order valence-corrected chi connectivity index (χ4v) is 2.35. The van der Waals surface area contributed by atoms with Crippen LogP contribution in [0.4, 0.5) is 0 Å². The van der Waals surface area contributed by atoms with Gasteiger partial charge in [-0.3, -0.25) is 0 Å². The number of ether oxygens (including phenoxy) is 2. The Hall–Kier alpha value is -1.62. The lowest BCUT2D eigenvalue weighted by Gasteiger charge is -2.11. The molecule has 0 amide bonds. The molecule has 1 heterocycles. The molecule has 0 fully saturated rings. The van der Waals surface area contributed by atoms with E-state index in [0.717, 1.165) is 0 Å². The van der Waals surface area contributed by atoms with Crippen molar-refractivity contribution < 1.29 is 13.7 Å². The Morgan fingerprint density at radius 1 is 1.25 bits per heavy atom. The smallest absolute Gasteiger partial charge is 0.170 e. The van der Waals surface area contributed by atoms with Crippen LogP contribution >= 0.6 is 0 Å². The zero-order chi connectivity index (χ0) is 11.5. The lowest BCUT2D eigenvalue weighted by Crippen LogP contribution is -2.06. The van der Waals surface area contributed by atoms with E-state index >= 15 is 0 Å². The second-order valence-corrected chi connectivity index (χ2v) is 4.31. The van der Waals surface area contributed by atoms with Crippen molar-refractivity contribution in [1.82, 2.24) is 0 Å². The van der Waals surface area contributed by atoms with E-state index in [1.807, 2.05) is 12.1 Å². The fraction of sp³-hybridized carbons (Fsp3) is 0.182. The highest BCUT2D eigenvalue weighted by molar-refractivity contribution is 8.04. The number of para-hydroxylation sites is 1. The first kappa shape index (κ1) is 10.9. The molecule has 0 radical (unpaired) electrons. The maximum absolute atomic E-state index is 11.6. The van der Waals surface area contributed by atoms with Crippen LogP contribution in [0.3, 0.4) is 0 Å². The van der Waals surface area contributed by atoms with Gasteiger partial charge in [0.25, 0.3) is 0 Å². The van der Waals surface area contributed by atoms with Crippen molar-refractivity contribution in [2.45, 2.75) is 0 Å². The quantitative estimate of drug-likeness (QED) is 0.803. The van der Waals surface area contributed by atoms with Gasteiger partial charge in [0.1, 0.15) is 5.04 Å². The number of hydrogen-bond acceptors (Lipinski definition) is 4. The van der Waals surface area contributed by atoms with E-state index in [-0.39, 0.29) is 0 Å². The molecule has 1 aliphatic heterocycles. The molecule has 1 aliphatic rings. The Morgan fingerprint density at radius 2 is 2.06 bits per heavy atom. The van der Waals surface area contributed by atoms with Crippen LogP contribution in [0, 0.1) is 0 Å². The van der Waals surface area contributed by atoms with E-state index in [1.54, 1.807) is 20.3 Å². The summed E-state index contributed by atoms with van der Waals surface area (Å²) in [5.41, 5.74) is 0.699. The van der Waals surface area contributed by atoms with Crippen LogP contribution in [-0.4, -0.2) is 23.5 Å². The van der Waals surface area contributed by atoms with Crippen LogP contribution in [0.5, 0.6) is 11.5 Å². The van der Waals surface area contributed by atoms with Gasteiger partial charge >= 0.3 is 0 Å². The Balaban J connectivity index is 2.53. The van der Waals surface area contributed by atoms with Crippen LogP contribution in [0.25, 0.3) is 0 Å². The zero-order valence-corrected chi connectivity index (χ0v) is 9.78. The van der Waals surface area contributed by atoms with Gasteiger partial charge in [-0.25, -0.2) is 9.20 Å². The molecule has 84 valence electrons. The predicted octanol–water partition coefficient (Wildman–Crippen LogP) is 1.68. The van der Waals surface area contributed by atoms with E-state index in [2.05, 4.69) is 4.99 Å². The highest BCUT2D eigenvalue weighted by Crippen LogP contribution is 2.32. The zero-order valence-electron chi connectivity index (χ0n) is 8.97. The highest BCUT2D eigenvalue weighted by atomic mass is 32.2. The highest BCUT2D eigenvalue weighted by Gasteiger charge is 2.20. The minimum Gasteiger partial charge on any atom is -0.493 e. The topological polar surface area (TPSA) is 47.9 Å². The SMILES string of the molecule is COc1cccc(C2=NC=CS2=O)c1OC. The van der Waals surface area contributed by atoms with Gasteiger partial charge in [0.15, 0.2) is 11.5 Å². The van der Waals surface area contributed by atoms with Crippen LogP contribution in [0.15, 0.2) is 34.8 Å². The summed E-state index contributed by atoms with van der Waals surface area (Å²) in [7, 11) is 1.91. The van der Waals surface area contributed by atoms with Crippen LogP contribution < -0.4 is 9.47 Å². The molecule has 1 atom stereocenters. The molecule has 4 nitrogen and oxygen atoms in total. The van der Waals surface area contributed by atoms with Crippen molar-refractivity contribution in [3.8, 4) is 11.5 Å². The number of hydrogen-bond donors (Lipinski definition) is 0. The molecule has 2 rings (SSSR count). The molecule has 0 aromatic heterocycles. The summed E-state index contributed by atoms with van der Waals surface area (Å²) >= 11 is 0. The first-order valence-corrected chi connectivity index (χ1v) is 5.85. The summed E-state index contributed by atoms with van der Waals surface area (Å²) in [5, 5.41) is 2.03. The number of nitrogens with zero attached hydrogens (tertiary/aromatic N) is 1. The molecular formula is C11H11NO3S. The van der Waals surface area contributed by atoms with E-state index in [0.29, 0.717) is 22.1 Å². The van der Waals surface area contributed by atoms with Crippen molar-refractivity contribution in [3.05, 3.63) is 35.4 Å². The van der Waals surface area contributed by atoms with E-state index < -0.39 is 10.8 Å². The molecule has 5 heteroatoms. The largest absolute Gasteiger partial charge is 0.493 e. The number of aliphatic imine (C=N–C) groups is 1. The Kier molecular flexibility index (Phi) is 3.05. The maximum Gasteiger partial charge on any atom is 0.170 e. The molecule has 0 aliphatic carbocycles. The third-order valence-electron chi connectivity index (χ3n) is 2.20. The number of benzene rings is 1. The summed E-state index contributed by atoms with van der Waals surface area (Å²) < 4.78 is 22.1. The molecule has 0 bridgehead atoms. The Morgan fingerprint density at radius 3 is 2.62 bits per heavy atom. The van der Waals surface area contributed by atoms with Gasteiger partial charge in [-0.1, -0.05) is 6.07 Å². The maximum atomic E-state index is 11.6. The van der Waals surface area contributed by atoms with Crippen molar-refractivity contribution in [3.63, 3.8) is 0 Å². The van der Waals surface area contributed by atoms with Crippen LogP contribution in [0.1, 0.15) is 5.56 Å². The van der Waals surface area contributed by atoms with Crippen LogP contribution in [0.2, 0.25) is 0 Å². The first-order valence-electron chi connectivity index (χ1n) is 4.64. The van der Waals surface area contributed by atoms with Gasteiger partial charge in [-0.15, -0.1) is 0 Å². The molecule has 0 saturated heterocycles. The first-order chi connectivity index (χ1) is 7.77. The lowest BCUT2D eigenvalue weighted by molar-refractivity contribution is 0.354. The molecule has 0 saturated carbocycles. The minimum absolute atomic E-state index is 0.496. The molecule has 16 heavy (non-hydrogen) atoms. The molecular weight excluding hydrogens is 226 g/mol. The van der Waals surface area contributed by atoms with Crippen molar-refractivity contribution in [2.75, 3.05) is 14.2 Å². The van der Waals surface area contributed by atoms with E-state index in [4.69, 9.17) is 9.47 Å².